The van der Waals surface area contributed by atoms with Gasteiger partial charge in [0.05, 0.1) is 0 Å². The van der Waals surface area contributed by atoms with Crippen LogP contribution < -0.4 is 0 Å². The molecular weight excluding hydrogens is 239 g/mol. The number of benzene rings is 3. The van der Waals surface area contributed by atoms with Crippen LogP contribution in [0.3, 0.4) is 0 Å². The molecule has 0 nitrogen and oxygen atoms in total. The first-order chi connectivity index (χ1) is 6.93. The van der Waals surface area contributed by atoms with Gasteiger partial charge in [-0.1, -0.05) is 48.5 Å². The largest absolute Gasteiger partial charge is 0.147 e. The van der Waals surface area contributed by atoms with E-state index in [4.69, 9.17) is 0 Å². The molecule has 0 radical (unpaired) electrons. The lowest BCUT2D eigenvalue weighted by Gasteiger charge is -2.00. The van der Waals surface area contributed by atoms with Crippen molar-refractivity contribution in [1.82, 2.24) is 0 Å². The number of hydrogen-bond acceptors (Lipinski definition) is 0. The molecule has 0 heterocycles. The topological polar surface area (TPSA) is 0 Å². The van der Waals surface area contributed by atoms with Crippen molar-refractivity contribution in [2.75, 3.05) is 0 Å². The molecule has 0 atom stereocenters. The summed E-state index contributed by atoms with van der Waals surface area (Å²) < 4.78 is 0. The monoisotopic (exact) mass is 250 g/mol. The molecule has 0 saturated carbocycles. The van der Waals surface area contributed by atoms with E-state index in [0.29, 0.717) is 0 Å². The van der Waals surface area contributed by atoms with Gasteiger partial charge in [-0.3, -0.25) is 0 Å². The molecule has 3 aromatic carbocycles. The fraction of sp³-hybridized carbons (Fsp3) is 0. The highest BCUT2D eigenvalue weighted by Crippen LogP contribution is 2.21. The lowest BCUT2D eigenvalue weighted by Crippen LogP contribution is -1.74. The van der Waals surface area contributed by atoms with E-state index in [-0.39, 0.29) is 24.8 Å². The van der Waals surface area contributed by atoms with Gasteiger partial charge in [0.1, 0.15) is 0 Å². The molecule has 82 valence electrons. The molecule has 3 rings (SSSR count). The number of rotatable bonds is 0. The Morgan fingerprint density at radius 1 is 0.438 bits per heavy atom. The molecule has 0 spiro atoms. The summed E-state index contributed by atoms with van der Waals surface area (Å²) in [6.45, 7) is 0. The molecule has 0 aliphatic heterocycles. The fourth-order valence-electron chi connectivity index (χ4n) is 1.88. The van der Waals surface area contributed by atoms with Crippen molar-refractivity contribution < 1.29 is 0 Å². The third kappa shape index (κ3) is 2.13. The Morgan fingerprint density at radius 2 is 0.688 bits per heavy atom. The van der Waals surface area contributed by atoms with Gasteiger partial charge < -0.3 is 0 Å². The summed E-state index contributed by atoms with van der Waals surface area (Å²) in [6, 6.07) is 21.4. The Bertz CT molecular complexity index is 497. The molecule has 3 aromatic rings. The van der Waals surface area contributed by atoms with Gasteiger partial charge in [0.15, 0.2) is 0 Å². The summed E-state index contributed by atoms with van der Waals surface area (Å²) in [5.41, 5.74) is 0. The van der Waals surface area contributed by atoms with Crippen LogP contribution in [-0.2, 0) is 0 Å². The van der Waals surface area contributed by atoms with Crippen molar-refractivity contribution in [2.45, 2.75) is 0 Å². The molecule has 0 fully saturated rings. The van der Waals surface area contributed by atoms with Gasteiger partial charge in [0.2, 0.25) is 0 Å². The van der Waals surface area contributed by atoms with Crippen LogP contribution in [0, 0.1) is 0 Å². The minimum atomic E-state index is 0. The van der Waals surface area contributed by atoms with Crippen LogP contribution in [0.4, 0.5) is 0 Å². The molecule has 0 bridgehead atoms. The molecule has 0 amide bonds. The summed E-state index contributed by atoms with van der Waals surface area (Å²) in [6.07, 6.45) is 0. The standard InChI is InChI=1S/C14H10.2ClH/c1-2-6-12-10-14-8-4-3-7-13(14)9-11(12)5-1;;/h1-10H;2*1H. The second-order valence-corrected chi connectivity index (χ2v) is 3.55. The summed E-state index contributed by atoms with van der Waals surface area (Å²) in [7, 11) is 0. The second-order valence-electron chi connectivity index (χ2n) is 3.55. The number of halogens is 2. The van der Waals surface area contributed by atoms with Crippen LogP contribution in [0.2, 0.25) is 0 Å². The predicted octanol–water partition coefficient (Wildman–Crippen LogP) is 4.84. The van der Waals surface area contributed by atoms with E-state index in [1.54, 1.807) is 0 Å². The van der Waals surface area contributed by atoms with Gasteiger partial charge in [-0.2, -0.15) is 0 Å². The Hall–Kier alpha value is -1.24. The van der Waals surface area contributed by atoms with Gasteiger partial charge in [-0.25, -0.2) is 0 Å². The lowest BCUT2D eigenvalue weighted by atomic mass is 10.0. The smallest absolute Gasteiger partial charge is 0.0178 e. The minimum Gasteiger partial charge on any atom is -0.147 e. The number of fused-ring (bicyclic) bond motifs is 2. The molecule has 0 saturated heterocycles. The van der Waals surface area contributed by atoms with E-state index in [0.717, 1.165) is 0 Å². The van der Waals surface area contributed by atoms with Crippen LogP contribution in [0.25, 0.3) is 21.5 Å². The maximum absolute atomic E-state index is 2.24. The molecule has 16 heavy (non-hydrogen) atoms. The maximum Gasteiger partial charge on any atom is -0.0178 e. The lowest BCUT2D eigenvalue weighted by molar-refractivity contribution is 1.76. The molecule has 0 aromatic heterocycles. The molecule has 0 aliphatic carbocycles. The first-order valence-electron chi connectivity index (χ1n) is 4.81. The quantitative estimate of drug-likeness (QED) is 0.501. The van der Waals surface area contributed by atoms with E-state index in [1.165, 1.54) is 21.5 Å². The zero-order valence-corrected chi connectivity index (χ0v) is 10.2. The molecular formula is C14H12Cl2. The number of hydrogen-bond donors (Lipinski definition) is 0. The SMILES string of the molecule is Cl.Cl.c1ccc2cc3ccccc3cc2c1. The molecule has 0 N–H and O–H groups in total. The second kappa shape index (κ2) is 5.20. The van der Waals surface area contributed by atoms with Gasteiger partial charge >= 0.3 is 0 Å². The van der Waals surface area contributed by atoms with Crippen LogP contribution in [0.5, 0.6) is 0 Å². The zero-order valence-electron chi connectivity index (χ0n) is 8.59. The summed E-state index contributed by atoms with van der Waals surface area (Å²) in [5, 5.41) is 5.25. The Labute approximate surface area is 107 Å². The molecule has 2 heteroatoms. The fourth-order valence-corrected chi connectivity index (χ4v) is 1.88. The van der Waals surface area contributed by atoms with E-state index in [9.17, 15) is 0 Å². The highest BCUT2D eigenvalue weighted by atomic mass is 35.5. The Balaban J connectivity index is 0.000000640. The third-order valence-corrected chi connectivity index (χ3v) is 2.61. The third-order valence-electron chi connectivity index (χ3n) is 2.61. The average molecular weight is 251 g/mol. The van der Waals surface area contributed by atoms with E-state index in [1.807, 2.05) is 0 Å². The summed E-state index contributed by atoms with van der Waals surface area (Å²) in [4.78, 5) is 0. The Kier molecular flexibility index (Phi) is 4.17. The van der Waals surface area contributed by atoms with Crippen molar-refractivity contribution in [1.29, 1.82) is 0 Å². The van der Waals surface area contributed by atoms with Crippen molar-refractivity contribution in [3.63, 3.8) is 0 Å². The summed E-state index contributed by atoms with van der Waals surface area (Å²) >= 11 is 0. The van der Waals surface area contributed by atoms with Crippen molar-refractivity contribution in [3.05, 3.63) is 60.7 Å². The average Bonchev–Trinajstić information content (AvgIpc) is 2.26. The highest BCUT2D eigenvalue weighted by molar-refractivity contribution is 5.98. The van der Waals surface area contributed by atoms with Crippen LogP contribution >= 0.6 is 24.8 Å². The van der Waals surface area contributed by atoms with Gasteiger partial charge in [-0.15, -0.1) is 24.8 Å². The maximum atomic E-state index is 2.24. The minimum absolute atomic E-state index is 0. The van der Waals surface area contributed by atoms with E-state index >= 15 is 0 Å². The first-order valence-corrected chi connectivity index (χ1v) is 4.81. The Morgan fingerprint density at radius 3 is 0.938 bits per heavy atom. The predicted molar refractivity (Wildman–Crippen MR) is 76.0 cm³/mol. The van der Waals surface area contributed by atoms with Crippen molar-refractivity contribution in [2.24, 2.45) is 0 Å². The normalized spacial score (nSPS) is 9.50. The van der Waals surface area contributed by atoms with Gasteiger partial charge in [0.25, 0.3) is 0 Å². The molecule has 0 aliphatic rings. The van der Waals surface area contributed by atoms with E-state index < -0.39 is 0 Å². The first kappa shape index (κ1) is 12.8. The molecule has 0 unspecified atom stereocenters. The van der Waals surface area contributed by atoms with Crippen LogP contribution in [0.15, 0.2) is 60.7 Å². The summed E-state index contributed by atoms with van der Waals surface area (Å²) in [5.74, 6) is 0. The van der Waals surface area contributed by atoms with Gasteiger partial charge in [0, 0.05) is 0 Å². The van der Waals surface area contributed by atoms with E-state index in [2.05, 4.69) is 60.7 Å². The van der Waals surface area contributed by atoms with Crippen molar-refractivity contribution in [3.8, 4) is 0 Å². The zero-order chi connectivity index (χ0) is 9.38. The van der Waals surface area contributed by atoms with Crippen LogP contribution in [0.1, 0.15) is 0 Å². The van der Waals surface area contributed by atoms with Gasteiger partial charge in [-0.05, 0) is 33.7 Å². The highest BCUT2D eigenvalue weighted by Gasteiger charge is 1.95. The van der Waals surface area contributed by atoms with Crippen molar-refractivity contribution >= 4 is 46.4 Å². The van der Waals surface area contributed by atoms with Crippen LogP contribution in [-0.4, -0.2) is 0 Å².